The highest BCUT2D eigenvalue weighted by atomic mass is 16.2. The zero-order valence-corrected chi connectivity index (χ0v) is 19.1. The summed E-state index contributed by atoms with van der Waals surface area (Å²) in [6.07, 6.45) is 6.98. The SMILES string of the molecule is O=C(C1CCCN(c2cc(-n3cccn3)ncn2)C1)N(Cc1ccccc1)Cc1ccccc1. The Kier molecular flexibility index (Phi) is 6.61. The number of benzene rings is 2. The smallest absolute Gasteiger partial charge is 0.228 e. The first kappa shape index (κ1) is 21.8. The van der Waals surface area contributed by atoms with Crippen LogP contribution in [0.2, 0.25) is 0 Å². The predicted octanol–water partition coefficient (Wildman–Crippen LogP) is 4.11. The van der Waals surface area contributed by atoms with Crippen molar-refractivity contribution in [1.82, 2.24) is 24.6 Å². The highest BCUT2D eigenvalue weighted by molar-refractivity contribution is 5.80. The van der Waals surface area contributed by atoms with Gasteiger partial charge in [0, 0.05) is 44.6 Å². The van der Waals surface area contributed by atoms with E-state index in [1.165, 1.54) is 0 Å². The molecule has 0 radical (unpaired) electrons. The van der Waals surface area contributed by atoms with Gasteiger partial charge in [-0.05, 0) is 30.0 Å². The molecule has 34 heavy (non-hydrogen) atoms. The van der Waals surface area contributed by atoms with Crippen LogP contribution in [0.1, 0.15) is 24.0 Å². The van der Waals surface area contributed by atoms with Crippen LogP contribution in [0.25, 0.3) is 5.82 Å². The van der Waals surface area contributed by atoms with Gasteiger partial charge in [0.1, 0.15) is 12.1 Å². The molecule has 1 aliphatic heterocycles. The number of amides is 1. The van der Waals surface area contributed by atoms with E-state index in [1.54, 1.807) is 17.2 Å². The maximum Gasteiger partial charge on any atom is 0.228 e. The number of carbonyl (C=O) groups excluding carboxylic acids is 1. The number of hydrogen-bond acceptors (Lipinski definition) is 5. The van der Waals surface area contributed by atoms with Crippen molar-refractivity contribution in [1.29, 1.82) is 0 Å². The lowest BCUT2D eigenvalue weighted by atomic mass is 9.96. The molecule has 0 bridgehead atoms. The van der Waals surface area contributed by atoms with E-state index >= 15 is 0 Å². The van der Waals surface area contributed by atoms with E-state index in [0.29, 0.717) is 19.6 Å². The normalized spacial score (nSPS) is 15.8. The second-order valence-electron chi connectivity index (χ2n) is 8.64. The number of piperidine rings is 1. The molecule has 3 heterocycles. The molecule has 172 valence electrons. The molecule has 5 rings (SSSR count). The molecule has 1 aliphatic rings. The second kappa shape index (κ2) is 10.3. The number of carbonyl (C=O) groups is 1. The second-order valence-corrected chi connectivity index (χ2v) is 8.64. The summed E-state index contributed by atoms with van der Waals surface area (Å²) in [5, 5.41) is 4.27. The molecule has 1 amide bonds. The summed E-state index contributed by atoms with van der Waals surface area (Å²) in [5.74, 6) is 1.66. The third-order valence-corrected chi connectivity index (χ3v) is 6.22. The third-order valence-electron chi connectivity index (χ3n) is 6.22. The maximum absolute atomic E-state index is 13.8. The molecule has 4 aromatic rings. The van der Waals surface area contributed by atoms with E-state index in [1.807, 2.05) is 59.6 Å². The quantitative estimate of drug-likeness (QED) is 0.422. The largest absolute Gasteiger partial charge is 0.356 e. The van der Waals surface area contributed by atoms with Crippen molar-refractivity contribution < 1.29 is 4.79 Å². The molecule has 7 heteroatoms. The van der Waals surface area contributed by atoms with E-state index in [0.717, 1.165) is 42.1 Å². The summed E-state index contributed by atoms with van der Waals surface area (Å²) in [7, 11) is 0. The highest BCUT2D eigenvalue weighted by Crippen LogP contribution is 2.25. The van der Waals surface area contributed by atoms with Gasteiger partial charge in [0.2, 0.25) is 5.91 Å². The molecule has 7 nitrogen and oxygen atoms in total. The average molecular weight is 453 g/mol. The molecule has 0 saturated carbocycles. The lowest BCUT2D eigenvalue weighted by Crippen LogP contribution is -2.44. The monoisotopic (exact) mass is 452 g/mol. The molecule has 1 atom stereocenters. The molecule has 0 spiro atoms. The highest BCUT2D eigenvalue weighted by Gasteiger charge is 2.30. The third kappa shape index (κ3) is 5.14. The number of anilines is 1. The van der Waals surface area contributed by atoms with E-state index in [2.05, 4.69) is 44.2 Å². The van der Waals surface area contributed by atoms with E-state index in [4.69, 9.17) is 0 Å². The van der Waals surface area contributed by atoms with Gasteiger partial charge in [-0.15, -0.1) is 0 Å². The minimum absolute atomic E-state index is 0.0794. The molecule has 1 fully saturated rings. The van der Waals surface area contributed by atoms with Crippen molar-refractivity contribution in [2.45, 2.75) is 25.9 Å². The summed E-state index contributed by atoms with van der Waals surface area (Å²) >= 11 is 0. The van der Waals surface area contributed by atoms with Crippen molar-refractivity contribution in [2.24, 2.45) is 5.92 Å². The van der Waals surface area contributed by atoms with Gasteiger partial charge in [-0.3, -0.25) is 4.79 Å². The van der Waals surface area contributed by atoms with Gasteiger partial charge in [0.05, 0.1) is 5.92 Å². The summed E-state index contributed by atoms with van der Waals surface area (Å²) in [4.78, 5) is 26.8. The fourth-order valence-corrected chi connectivity index (χ4v) is 4.50. The van der Waals surface area contributed by atoms with Crippen LogP contribution in [0.3, 0.4) is 0 Å². The Hall–Kier alpha value is -4.00. The van der Waals surface area contributed by atoms with Crippen LogP contribution in [0, 0.1) is 5.92 Å². The maximum atomic E-state index is 13.8. The summed E-state index contributed by atoms with van der Waals surface area (Å²) < 4.78 is 1.72. The number of nitrogens with zero attached hydrogens (tertiary/aromatic N) is 6. The first-order chi connectivity index (χ1) is 16.8. The van der Waals surface area contributed by atoms with Gasteiger partial charge in [0.25, 0.3) is 0 Å². The number of aromatic nitrogens is 4. The van der Waals surface area contributed by atoms with Crippen LogP contribution in [0.4, 0.5) is 5.82 Å². The number of hydrogen-bond donors (Lipinski definition) is 0. The molecule has 1 saturated heterocycles. The van der Waals surface area contributed by atoms with Crippen molar-refractivity contribution in [3.05, 3.63) is 103 Å². The average Bonchev–Trinajstić information content (AvgIpc) is 3.45. The Morgan fingerprint density at radius 3 is 2.24 bits per heavy atom. The van der Waals surface area contributed by atoms with Gasteiger partial charge in [-0.25, -0.2) is 14.6 Å². The van der Waals surface area contributed by atoms with E-state index in [9.17, 15) is 4.79 Å². The van der Waals surface area contributed by atoms with Crippen molar-refractivity contribution in [2.75, 3.05) is 18.0 Å². The Morgan fingerprint density at radius 1 is 0.912 bits per heavy atom. The van der Waals surface area contributed by atoms with Gasteiger partial charge in [-0.1, -0.05) is 60.7 Å². The van der Waals surface area contributed by atoms with Crippen molar-refractivity contribution >= 4 is 11.7 Å². The Morgan fingerprint density at radius 2 is 1.59 bits per heavy atom. The molecule has 0 aliphatic carbocycles. The molecular weight excluding hydrogens is 424 g/mol. The van der Waals surface area contributed by atoms with Gasteiger partial charge < -0.3 is 9.80 Å². The molecule has 2 aromatic carbocycles. The zero-order chi connectivity index (χ0) is 23.2. The predicted molar refractivity (Wildman–Crippen MR) is 131 cm³/mol. The van der Waals surface area contributed by atoms with Gasteiger partial charge >= 0.3 is 0 Å². The van der Waals surface area contributed by atoms with Gasteiger partial charge in [-0.2, -0.15) is 5.10 Å². The Bertz CT molecular complexity index is 1150. The summed E-state index contributed by atoms with van der Waals surface area (Å²) in [6, 6.07) is 24.2. The summed E-state index contributed by atoms with van der Waals surface area (Å²) in [5.41, 5.74) is 2.28. The molecule has 0 N–H and O–H groups in total. The van der Waals surface area contributed by atoms with Crippen LogP contribution in [0.5, 0.6) is 0 Å². The lowest BCUT2D eigenvalue weighted by Gasteiger charge is -2.35. The van der Waals surface area contributed by atoms with Crippen LogP contribution < -0.4 is 4.90 Å². The van der Waals surface area contributed by atoms with Crippen molar-refractivity contribution in [3.8, 4) is 5.82 Å². The molecule has 1 unspecified atom stereocenters. The first-order valence-corrected chi connectivity index (χ1v) is 11.7. The summed E-state index contributed by atoms with van der Waals surface area (Å²) in [6.45, 7) is 2.72. The fraction of sp³-hybridized carbons (Fsp3) is 0.259. The minimum atomic E-state index is -0.0794. The van der Waals surface area contributed by atoms with Crippen molar-refractivity contribution in [3.63, 3.8) is 0 Å². The number of rotatable bonds is 7. The van der Waals surface area contributed by atoms with Crippen LogP contribution in [0.15, 0.2) is 91.5 Å². The fourth-order valence-electron chi connectivity index (χ4n) is 4.50. The van der Waals surface area contributed by atoms with Gasteiger partial charge in [0.15, 0.2) is 5.82 Å². The Balaban J connectivity index is 1.34. The van der Waals surface area contributed by atoms with Crippen LogP contribution in [-0.2, 0) is 17.9 Å². The Labute approximate surface area is 199 Å². The zero-order valence-electron chi connectivity index (χ0n) is 19.1. The molecular formula is C27H28N6O. The van der Waals surface area contributed by atoms with Crippen LogP contribution in [-0.4, -0.2) is 43.6 Å². The minimum Gasteiger partial charge on any atom is -0.356 e. The topological polar surface area (TPSA) is 67.2 Å². The standard InChI is InChI=1S/C27H28N6O/c34-27(32(18-22-9-3-1-4-10-22)19-23-11-5-2-6-12-23)24-13-7-15-31(20-24)25-17-26(29-21-28-25)33-16-8-14-30-33/h1-6,8-12,14,16-17,21,24H,7,13,15,18-20H2. The first-order valence-electron chi connectivity index (χ1n) is 11.7. The van der Waals surface area contributed by atoms with E-state index < -0.39 is 0 Å². The lowest BCUT2D eigenvalue weighted by molar-refractivity contribution is -0.137. The van der Waals surface area contributed by atoms with E-state index in [-0.39, 0.29) is 11.8 Å². The molecule has 2 aromatic heterocycles. The van der Waals surface area contributed by atoms with Crippen LogP contribution >= 0.6 is 0 Å².